The Balaban J connectivity index is 1.35. The third-order valence-corrected chi connectivity index (χ3v) is 6.33. The summed E-state index contributed by atoms with van der Waals surface area (Å²) in [5.41, 5.74) is 8.26. The van der Waals surface area contributed by atoms with Crippen LogP contribution < -0.4 is 16.0 Å². The molecular weight excluding hydrogens is 440 g/mol. The molecule has 0 aliphatic carbocycles. The van der Waals surface area contributed by atoms with E-state index in [0.717, 1.165) is 16.6 Å². The highest BCUT2D eigenvalue weighted by Gasteiger charge is 2.30. The minimum atomic E-state index is -0.793. The lowest BCUT2D eigenvalue weighted by Gasteiger charge is -2.37. The Morgan fingerprint density at radius 1 is 0.886 bits per heavy atom. The SMILES string of the molecule is Nc1nccc2ccc(C(=O)N[C@@H](C(=O)N3CCN(c4ccncc4)CC3)c3ccccc3)cc12. The average Bonchev–Trinajstić information content (AvgIpc) is 2.92. The minimum Gasteiger partial charge on any atom is -0.383 e. The molecule has 0 spiro atoms. The van der Waals surface area contributed by atoms with E-state index < -0.39 is 6.04 Å². The van der Waals surface area contributed by atoms with Crippen LogP contribution in [-0.2, 0) is 4.79 Å². The second-order valence-corrected chi connectivity index (χ2v) is 8.47. The van der Waals surface area contributed by atoms with Crippen LogP contribution in [0.3, 0.4) is 0 Å². The minimum absolute atomic E-state index is 0.124. The second-order valence-electron chi connectivity index (χ2n) is 8.47. The highest BCUT2D eigenvalue weighted by atomic mass is 16.2. The Kier molecular flexibility index (Phi) is 6.26. The molecule has 8 nitrogen and oxygen atoms in total. The zero-order valence-corrected chi connectivity index (χ0v) is 19.2. The molecule has 176 valence electrons. The predicted octanol–water partition coefficient (Wildman–Crippen LogP) is 3.03. The van der Waals surface area contributed by atoms with Crippen LogP contribution in [0, 0.1) is 0 Å². The van der Waals surface area contributed by atoms with Crippen molar-refractivity contribution < 1.29 is 9.59 Å². The zero-order valence-electron chi connectivity index (χ0n) is 19.2. The number of nitrogens with one attached hydrogen (secondary N) is 1. The van der Waals surface area contributed by atoms with Crippen LogP contribution in [0.4, 0.5) is 11.5 Å². The standard InChI is InChI=1S/C27H26N6O2/c28-25-23-18-21(7-6-19(23)8-13-30-25)26(34)31-24(20-4-2-1-3-5-20)27(35)33-16-14-32(15-17-33)22-9-11-29-12-10-22/h1-13,18,24H,14-17H2,(H2,28,30)(H,31,34)/t24-/m1/s1. The van der Waals surface area contributed by atoms with Crippen molar-refractivity contribution in [1.29, 1.82) is 0 Å². The summed E-state index contributed by atoms with van der Waals surface area (Å²) in [5.74, 6) is -0.103. The number of hydrogen-bond acceptors (Lipinski definition) is 6. The van der Waals surface area contributed by atoms with Crippen LogP contribution in [0.25, 0.3) is 10.8 Å². The molecule has 1 fully saturated rings. The fraction of sp³-hybridized carbons (Fsp3) is 0.185. The molecule has 4 aromatic rings. The van der Waals surface area contributed by atoms with Gasteiger partial charge in [-0.05, 0) is 41.3 Å². The molecule has 3 N–H and O–H groups in total. The normalized spacial score (nSPS) is 14.5. The lowest BCUT2D eigenvalue weighted by molar-refractivity contribution is -0.133. The van der Waals surface area contributed by atoms with E-state index in [-0.39, 0.29) is 11.8 Å². The maximum absolute atomic E-state index is 13.6. The molecule has 2 aromatic carbocycles. The number of hydrogen-bond donors (Lipinski definition) is 2. The van der Waals surface area contributed by atoms with Crippen molar-refractivity contribution in [3.63, 3.8) is 0 Å². The van der Waals surface area contributed by atoms with Crippen molar-refractivity contribution in [2.75, 3.05) is 36.8 Å². The number of nitrogens with two attached hydrogens (primary N) is 1. The summed E-state index contributed by atoms with van der Waals surface area (Å²) in [6.07, 6.45) is 5.17. The number of amides is 2. The second kappa shape index (κ2) is 9.80. The summed E-state index contributed by atoms with van der Waals surface area (Å²) in [5, 5.41) is 4.56. The summed E-state index contributed by atoms with van der Waals surface area (Å²) in [6, 6.07) is 19.6. The third kappa shape index (κ3) is 4.77. The number of anilines is 2. The number of benzene rings is 2. The van der Waals surface area contributed by atoms with E-state index in [2.05, 4.69) is 20.2 Å². The number of nitrogen functional groups attached to an aromatic ring is 1. The van der Waals surface area contributed by atoms with Gasteiger partial charge in [-0.1, -0.05) is 36.4 Å². The highest BCUT2D eigenvalue weighted by Crippen LogP contribution is 2.23. The van der Waals surface area contributed by atoms with E-state index in [9.17, 15) is 9.59 Å². The quantitative estimate of drug-likeness (QED) is 0.469. The zero-order chi connectivity index (χ0) is 24.2. The molecule has 0 radical (unpaired) electrons. The molecule has 0 saturated carbocycles. The van der Waals surface area contributed by atoms with Crippen LogP contribution in [0.2, 0.25) is 0 Å². The van der Waals surface area contributed by atoms with Gasteiger partial charge in [0.05, 0.1) is 0 Å². The van der Waals surface area contributed by atoms with Crippen LogP contribution in [0.15, 0.2) is 85.3 Å². The molecule has 8 heteroatoms. The maximum atomic E-state index is 13.6. The first-order valence-electron chi connectivity index (χ1n) is 11.5. The number of carbonyl (C=O) groups is 2. The molecule has 1 aliphatic rings. The molecule has 0 unspecified atom stereocenters. The summed E-state index contributed by atoms with van der Waals surface area (Å²) in [7, 11) is 0. The molecular formula is C27H26N6O2. The first kappa shape index (κ1) is 22.3. The van der Waals surface area contributed by atoms with Crippen molar-refractivity contribution in [3.8, 4) is 0 Å². The topological polar surface area (TPSA) is 104 Å². The van der Waals surface area contributed by atoms with Gasteiger partial charge in [-0.3, -0.25) is 14.6 Å². The van der Waals surface area contributed by atoms with Gasteiger partial charge in [0.2, 0.25) is 5.91 Å². The Bertz CT molecular complexity index is 1340. The van der Waals surface area contributed by atoms with Gasteiger partial charge in [0.1, 0.15) is 11.9 Å². The fourth-order valence-electron chi connectivity index (χ4n) is 4.40. The van der Waals surface area contributed by atoms with E-state index in [1.165, 1.54) is 0 Å². The van der Waals surface area contributed by atoms with Crippen LogP contribution in [0.5, 0.6) is 0 Å². The van der Waals surface area contributed by atoms with Crippen molar-refractivity contribution >= 4 is 34.1 Å². The number of carbonyl (C=O) groups excluding carboxylic acids is 2. The van der Waals surface area contributed by atoms with Crippen LogP contribution in [-0.4, -0.2) is 52.9 Å². The van der Waals surface area contributed by atoms with Crippen LogP contribution in [0.1, 0.15) is 22.0 Å². The number of aromatic nitrogens is 2. The lowest BCUT2D eigenvalue weighted by Crippen LogP contribution is -2.52. The lowest BCUT2D eigenvalue weighted by atomic mass is 10.0. The fourth-order valence-corrected chi connectivity index (χ4v) is 4.40. The van der Waals surface area contributed by atoms with Crippen molar-refractivity contribution in [3.05, 3.63) is 96.4 Å². The molecule has 0 bridgehead atoms. The monoisotopic (exact) mass is 466 g/mol. The Labute approximate surface area is 203 Å². The summed E-state index contributed by atoms with van der Waals surface area (Å²) < 4.78 is 0. The first-order valence-corrected chi connectivity index (χ1v) is 11.5. The predicted molar refractivity (Wildman–Crippen MR) is 136 cm³/mol. The smallest absolute Gasteiger partial charge is 0.252 e. The van der Waals surface area contributed by atoms with Gasteiger partial charge >= 0.3 is 0 Å². The van der Waals surface area contributed by atoms with Crippen LogP contribution >= 0.6 is 0 Å². The summed E-state index contributed by atoms with van der Waals surface area (Å²) in [4.78, 5) is 39.1. The molecule has 2 amide bonds. The number of piperazine rings is 1. The molecule has 1 aliphatic heterocycles. The Morgan fingerprint density at radius 3 is 2.37 bits per heavy atom. The summed E-state index contributed by atoms with van der Waals surface area (Å²) in [6.45, 7) is 2.56. The van der Waals surface area contributed by atoms with E-state index in [4.69, 9.17) is 5.73 Å². The third-order valence-electron chi connectivity index (χ3n) is 6.33. The van der Waals surface area contributed by atoms with E-state index in [1.54, 1.807) is 30.7 Å². The van der Waals surface area contributed by atoms with E-state index in [1.807, 2.05) is 59.5 Å². The largest absolute Gasteiger partial charge is 0.383 e. The molecule has 3 heterocycles. The van der Waals surface area contributed by atoms with Crippen molar-refractivity contribution in [1.82, 2.24) is 20.2 Å². The van der Waals surface area contributed by atoms with Gasteiger partial charge < -0.3 is 20.9 Å². The molecule has 1 atom stereocenters. The number of rotatable bonds is 5. The molecule has 2 aromatic heterocycles. The van der Waals surface area contributed by atoms with Gasteiger partial charge in [-0.25, -0.2) is 4.98 Å². The van der Waals surface area contributed by atoms with Gasteiger partial charge in [0, 0.05) is 61.4 Å². The van der Waals surface area contributed by atoms with Gasteiger partial charge in [-0.2, -0.15) is 0 Å². The first-order chi connectivity index (χ1) is 17.1. The van der Waals surface area contributed by atoms with Crippen molar-refractivity contribution in [2.45, 2.75) is 6.04 Å². The van der Waals surface area contributed by atoms with Gasteiger partial charge in [0.25, 0.3) is 5.91 Å². The highest BCUT2D eigenvalue weighted by molar-refractivity contribution is 6.02. The Morgan fingerprint density at radius 2 is 1.63 bits per heavy atom. The number of fused-ring (bicyclic) bond motifs is 1. The van der Waals surface area contributed by atoms with E-state index >= 15 is 0 Å². The number of pyridine rings is 2. The average molecular weight is 467 g/mol. The number of nitrogens with zero attached hydrogens (tertiary/aromatic N) is 4. The summed E-state index contributed by atoms with van der Waals surface area (Å²) >= 11 is 0. The van der Waals surface area contributed by atoms with E-state index in [0.29, 0.717) is 42.9 Å². The van der Waals surface area contributed by atoms with Crippen molar-refractivity contribution in [2.24, 2.45) is 0 Å². The maximum Gasteiger partial charge on any atom is 0.252 e. The molecule has 35 heavy (non-hydrogen) atoms. The van der Waals surface area contributed by atoms with Gasteiger partial charge in [-0.15, -0.1) is 0 Å². The van der Waals surface area contributed by atoms with Gasteiger partial charge in [0.15, 0.2) is 0 Å². The Hall–Kier alpha value is -4.46. The molecule has 5 rings (SSSR count). The molecule has 1 saturated heterocycles.